The maximum Gasteiger partial charge on any atom is 0.335 e. The van der Waals surface area contributed by atoms with Crippen molar-refractivity contribution in [3.8, 4) is 0 Å². The lowest BCUT2D eigenvalue weighted by Gasteiger charge is -2.47. The molecule has 15 atom stereocenters. The smallest absolute Gasteiger partial charge is 0.335 e. The monoisotopic (exact) mass is 839 g/mol. The summed E-state index contributed by atoms with van der Waals surface area (Å²) in [5.41, 5.74) is 0.995. The Morgan fingerprint density at radius 2 is 1.64 bits per heavy atom. The van der Waals surface area contributed by atoms with Crippen LogP contribution in [-0.4, -0.2) is 185 Å². The van der Waals surface area contributed by atoms with Gasteiger partial charge in [-0.15, -0.1) is 0 Å². The minimum Gasteiger partial charge on any atom is -0.479 e. The number of amides is 2. The van der Waals surface area contributed by atoms with E-state index in [2.05, 4.69) is 16.0 Å². The zero-order chi connectivity index (χ0) is 41.1. The first-order valence-electron chi connectivity index (χ1n) is 18.2. The Hall–Kier alpha value is -2.39. The molecule has 1 aromatic rings. The van der Waals surface area contributed by atoms with Crippen LogP contribution in [0.1, 0.15) is 39.0 Å². The van der Waals surface area contributed by atoms with Gasteiger partial charge in [-0.2, -0.15) is 0 Å². The average molecular weight is 840 g/mol. The summed E-state index contributed by atoms with van der Waals surface area (Å²) in [6.45, 7) is -0.914. The number of ether oxygens (including phenoxy) is 4. The maximum atomic E-state index is 12.5. The van der Waals surface area contributed by atoms with Crippen LogP contribution in [0, 0.1) is 0 Å². The van der Waals surface area contributed by atoms with E-state index >= 15 is 0 Å². The molecule has 3 heterocycles. The maximum absolute atomic E-state index is 12.5. The van der Waals surface area contributed by atoms with E-state index < -0.39 is 111 Å². The van der Waals surface area contributed by atoms with Crippen molar-refractivity contribution >= 4 is 50.7 Å². The van der Waals surface area contributed by atoms with E-state index in [4.69, 9.17) is 18.9 Å². The van der Waals surface area contributed by atoms with E-state index in [0.717, 1.165) is 26.2 Å². The van der Waals surface area contributed by atoms with E-state index in [1.54, 1.807) is 24.3 Å². The van der Waals surface area contributed by atoms with Crippen LogP contribution in [0.25, 0.3) is 0 Å². The molecule has 3 aliphatic heterocycles. The summed E-state index contributed by atoms with van der Waals surface area (Å²) in [6.07, 6.45) is -20.0. The van der Waals surface area contributed by atoms with Crippen molar-refractivity contribution < 1.29 is 84.4 Å². The molecule has 1 unspecified atom stereocenters. The molecule has 1 aromatic carbocycles. The lowest BCUT2D eigenvalue weighted by molar-refractivity contribution is -0.341. The molecule has 0 saturated carbocycles. The highest BCUT2D eigenvalue weighted by Gasteiger charge is 2.53. The Bertz CT molecular complexity index is 1420. The predicted octanol–water partition coefficient (Wildman–Crippen LogP) is -2.93. The Labute approximate surface area is 330 Å². The van der Waals surface area contributed by atoms with Gasteiger partial charge in [0.15, 0.2) is 18.7 Å². The molecular weight excluding hydrogens is 787 g/mol. The van der Waals surface area contributed by atoms with Crippen molar-refractivity contribution in [2.24, 2.45) is 0 Å². The van der Waals surface area contributed by atoms with Crippen LogP contribution in [0.4, 0.5) is 11.4 Å². The predicted molar refractivity (Wildman–Crippen MR) is 199 cm³/mol. The Morgan fingerprint density at radius 1 is 0.929 bits per heavy atom. The summed E-state index contributed by atoms with van der Waals surface area (Å²) in [7, 11) is 3.79. The highest BCUT2D eigenvalue weighted by molar-refractivity contribution is 8.77. The number of nitrogens with one attached hydrogen (secondary N) is 3. The van der Waals surface area contributed by atoms with Crippen molar-refractivity contribution in [2.75, 3.05) is 36.1 Å². The molecule has 2 amide bonds. The van der Waals surface area contributed by atoms with Gasteiger partial charge >= 0.3 is 5.97 Å². The second-order valence-electron chi connectivity index (χ2n) is 13.8. The fourth-order valence-corrected chi connectivity index (χ4v) is 9.35. The van der Waals surface area contributed by atoms with Gasteiger partial charge in [0, 0.05) is 42.3 Å². The number of aliphatic hydroxyl groups is 9. The summed E-state index contributed by atoms with van der Waals surface area (Å²) in [5.74, 6) is -1.41. The lowest BCUT2D eigenvalue weighted by Crippen LogP contribution is -2.68. The third kappa shape index (κ3) is 12.8. The van der Waals surface area contributed by atoms with Gasteiger partial charge in [0.25, 0.3) is 0 Å². The fraction of sp³-hybridized carbons (Fsp3) is 0.735. The molecule has 0 aromatic heterocycles. The van der Waals surface area contributed by atoms with Gasteiger partial charge in [-0.3, -0.25) is 9.59 Å². The summed E-state index contributed by atoms with van der Waals surface area (Å²) in [5, 5.41) is 112. The first-order valence-corrected chi connectivity index (χ1v) is 20.5. The van der Waals surface area contributed by atoms with E-state index in [1.165, 1.54) is 12.2 Å². The van der Waals surface area contributed by atoms with Crippen molar-refractivity contribution in [3.05, 3.63) is 24.3 Å². The first kappa shape index (κ1) is 46.3. The molecule has 318 valence electrons. The van der Waals surface area contributed by atoms with Crippen LogP contribution in [0.5, 0.6) is 0 Å². The third-order valence-electron chi connectivity index (χ3n) is 9.47. The molecule has 4 rings (SSSR count). The minimum absolute atomic E-state index is 0.134. The van der Waals surface area contributed by atoms with Crippen molar-refractivity contribution in [1.29, 1.82) is 0 Å². The summed E-state index contributed by atoms with van der Waals surface area (Å²) >= 11 is 0. The summed E-state index contributed by atoms with van der Waals surface area (Å²) in [6, 6.07) is 5.13. The van der Waals surface area contributed by atoms with E-state index in [0.29, 0.717) is 23.0 Å². The number of carbonyl (C=O) groups excluding carboxylic acids is 2. The van der Waals surface area contributed by atoms with Crippen LogP contribution in [0.2, 0.25) is 0 Å². The van der Waals surface area contributed by atoms with Crippen LogP contribution in [0.15, 0.2) is 24.3 Å². The number of hydrogen-bond acceptors (Lipinski definition) is 19. The second-order valence-corrected chi connectivity index (χ2v) is 16.6. The Kier molecular flexibility index (Phi) is 18.3. The zero-order valence-corrected chi connectivity index (χ0v) is 32.1. The number of carboxylic acids is 1. The molecule has 3 aliphatic rings. The van der Waals surface area contributed by atoms with Crippen molar-refractivity contribution in [3.63, 3.8) is 0 Å². The van der Waals surface area contributed by atoms with Gasteiger partial charge in [0.2, 0.25) is 11.8 Å². The highest BCUT2D eigenvalue weighted by Crippen LogP contribution is 2.40. The molecule has 0 radical (unpaired) electrons. The van der Waals surface area contributed by atoms with Gasteiger partial charge in [-0.25, -0.2) is 4.79 Å². The molecule has 0 spiro atoms. The summed E-state index contributed by atoms with van der Waals surface area (Å²) < 4.78 is 21.9. The molecule has 0 bridgehead atoms. The summed E-state index contributed by atoms with van der Waals surface area (Å²) in [4.78, 5) is 36.2. The number of carbonyl (C=O) groups is 3. The van der Waals surface area contributed by atoms with Gasteiger partial charge in [-0.05, 0) is 37.5 Å². The largest absolute Gasteiger partial charge is 0.479 e. The normalized spacial score (nSPS) is 32.9. The third-order valence-corrected chi connectivity index (χ3v) is 12.5. The lowest BCUT2D eigenvalue weighted by atomic mass is 9.95. The first-order chi connectivity index (χ1) is 26.6. The number of rotatable bonds is 20. The number of carboxylic acid groups (broad SMARTS) is 1. The molecule has 20 nitrogen and oxygen atoms in total. The van der Waals surface area contributed by atoms with Crippen LogP contribution in [0.3, 0.4) is 0 Å². The number of anilines is 2. The fourth-order valence-electron chi connectivity index (χ4n) is 6.32. The zero-order valence-electron chi connectivity index (χ0n) is 30.5. The minimum atomic E-state index is -2.07. The average Bonchev–Trinajstić information content (AvgIpc) is 3.69. The Morgan fingerprint density at radius 3 is 2.30 bits per heavy atom. The van der Waals surface area contributed by atoms with Gasteiger partial charge in [-0.1, -0.05) is 34.1 Å². The topological polar surface area (TPSA) is 327 Å². The van der Waals surface area contributed by atoms with Crippen LogP contribution in [-0.2, 0) is 33.3 Å². The Balaban J connectivity index is 1.30. The number of unbranched alkanes of at least 4 members (excludes halogenated alkanes) is 1. The van der Waals surface area contributed by atoms with Crippen molar-refractivity contribution in [1.82, 2.24) is 5.32 Å². The van der Waals surface area contributed by atoms with Crippen molar-refractivity contribution in [2.45, 2.75) is 130 Å². The molecule has 13 N–H and O–H groups in total. The second kappa shape index (κ2) is 22.1. The van der Waals surface area contributed by atoms with Crippen LogP contribution < -0.4 is 16.0 Å². The number of hydrogen-bond donors (Lipinski definition) is 13. The standard InChI is InChI=1S/C34H53N3O17S2/c1-15(39)36-23-30(53-34-29(48)27(46)28(47)31(54-34)32(49)50)26(45)21(13-38)52-33(23)51-14-20(41)25(44)24(43)19(40)12-35-16-5-4-6-17(11-16)37-22(42)8-3-2-7-18-9-10-55-56-18/h4-6,11,18-21,23-31,33-35,38,40-41,43-48H,2-3,7-10,12-14H2,1H3,(H,36,39)(H,37,42)(H,49,50)/t18?,19-,20+,21+,23+,24+,25+,26-,27-,28-,29+,30+,31-,33-,34+/m0/s1. The van der Waals surface area contributed by atoms with Gasteiger partial charge in [0.1, 0.15) is 61.0 Å². The molecule has 22 heteroatoms. The molecule has 0 aliphatic carbocycles. The van der Waals surface area contributed by atoms with E-state index in [-0.39, 0.29) is 12.5 Å². The molecule has 56 heavy (non-hydrogen) atoms. The molecule has 3 saturated heterocycles. The number of aliphatic carboxylic acids is 1. The molecule has 3 fully saturated rings. The van der Waals surface area contributed by atoms with Gasteiger partial charge in [0.05, 0.1) is 19.3 Å². The van der Waals surface area contributed by atoms with Crippen LogP contribution >= 0.6 is 21.6 Å². The number of aliphatic hydroxyl groups excluding tert-OH is 9. The van der Waals surface area contributed by atoms with E-state index in [9.17, 15) is 65.4 Å². The van der Waals surface area contributed by atoms with Gasteiger partial charge < -0.3 is 86.0 Å². The quantitative estimate of drug-likeness (QED) is 0.0462. The molecular formula is C34H53N3O17S2. The van der Waals surface area contributed by atoms with E-state index in [1.807, 2.05) is 21.6 Å². The SMILES string of the molecule is CC(=O)N[C@H]1[C@@H](OC[C@@H](O)[C@@H](O)[C@H](O)[C@@H](O)CNc2cccc(NC(=O)CCCCC3CCSS3)c2)O[C@H](CO)[C@H](O)[C@@H]1O[C@@H]1O[C@H](C(=O)O)[C@@H](O)[C@H](O)[C@H]1O. The number of benzene rings is 1. The highest BCUT2D eigenvalue weighted by atomic mass is 33.1.